The number of carbonyl (C=O) groups is 1. The Balaban J connectivity index is 1.35. The molecule has 1 N–H and O–H groups in total. The zero-order chi connectivity index (χ0) is 21.8. The molecule has 1 aliphatic rings. The van der Waals surface area contributed by atoms with Crippen molar-refractivity contribution in [3.8, 4) is 11.8 Å². The van der Waals surface area contributed by atoms with Crippen molar-refractivity contribution >= 4 is 11.7 Å². The largest absolute Gasteiger partial charge is 0.452 e. The number of likely N-dealkylation sites (tertiary alicyclic amines) is 1. The molecule has 0 unspecified atom stereocenters. The molecule has 8 nitrogen and oxygen atoms in total. The molecule has 1 aliphatic heterocycles. The number of hydrogen-bond donors (Lipinski definition) is 1. The third-order valence-corrected chi connectivity index (χ3v) is 5.67. The summed E-state index contributed by atoms with van der Waals surface area (Å²) in [7, 11) is 1.38. The minimum Gasteiger partial charge on any atom is -0.452 e. The van der Waals surface area contributed by atoms with Gasteiger partial charge in [0.2, 0.25) is 0 Å². The fraction of sp³-hybridized carbons (Fsp3) is 0.348. The van der Waals surface area contributed by atoms with Crippen molar-refractivity contribution in [2.24, 2.45) is 5.92 Å². The van der Waals surface area contributed by atoms with Gasteiger partial charge >= 0.3 is 17.9 Å². The Bertz CT molecular complexity index is 1100. The molecular formula is C23H26N4O4. The molecule has 8 heteroatoms. The highest BCUT2D eigenvalue weighted by Crippen LogP contribution is 2.23. The van der Waals surface area contributed by atoms with Gasteiger partial charge in [0, 0.05) is 18.8 Å². The Morgan fingerprint density at radius 1 is 1.19 bits per heavy atom. The van der Waals surface area contributed by atoms with Gasteiger partial charge in [0.05, 0.1) is 12.8 Å². The number of aryl methyl sites for hydroxylation is 1. The van der Waals surface area contributed by atoms with Crippen LogP contribution < -0.4 is 15.8 Å². The molecule has 2 aromatic carbocycles. The van der Waals surface area contributed by atoms with Crippen LogP contribution in [0, 0.1) is 12.8 Å². The van der Waals surface area contributed by atoms with Crippen LogP contribution in [0.3, 0.4) is 0 Å². The standard InChI is InChI=1S/C23H26N4O4/c1-16-14-19(27-23(29)31-22(25-27)30-2)8-9-20(16)24-21(28)26-12-10-18(11-13-26)15-17-6-4-3-5-7-17/h3-9,14,18H,10-13,15H2,1-2H3,(H,24,28). The monoisotopic (exact) mass is 422 g/mol. The number of hydrogen-bond acceptors (Lipinski definition) is 5. The lowest BCUT2D eigenvalue weighted by atomic mass is 9.90. The highest BCUT2D eigenvalue weighted by molar-refractivity contribution is 5.90. The summed E-state index contributed by atoms with van der Waals surface area (Å²) in [5.41, 5.74) is 3.40. The highest BCUT2D eigenvalue weighted by atomic mass is 16.6. The van der Waals surface area contributed by atoms with Crippen LogP contribution in [-0.2, 0) is 6.42 Å². The van der Waals surface area contributed by atoms with Gasteiger partial charge in [-0.2, -0.15) is 4.68 Å². The molecule has 4 rings (SSSR count). The van der Waals surface area contributed by atoms with Crippen molar-refractivity contribution in [2.75, 3.05) is 25.5 Å². The Hall–Kier alpha value is -3.55. The summed E-state index contributed by atoms with van der Waals surface area (Å²) in [6, 6.07) is 15.6. The van der Waals surface area contributed by atoms with E-state index in [0.29, 0.717) is 17.3 Å². The van der Waals surface area contributed by atoms with E-state index in [-0.39, 0.29) is 12.1 Å². The number of nitrogens with zero attached hydrogens (tertiary/aromatic N) is 3. The molecule has 0 bridgehead atoms. The number of benzene rings is 2. The van der Waals surface area contributed by atoms with Crippen LogP contribution in [0.5, 0.6) is 6.08 Å². The molecule has 1 saturated heterocycles. The van der Waals surface area contributed by atoms with Crippen LogP contribution in [0.4, 0.5) is 10.5 Å². The third-order valence-electron chi connectivity index (χ3n) is 5.67. The Labute approximate surface area is 180 Å². The Morgan fingerprint density at radius 3 is 2.58 bits per heavy atom. The summed E-state index contributed by atoms with van der Waals surface area (Å²) in [5, 5.41) is 6.95. The first-order valence-electron chi connectivity index (χ1n) is 10.4. The van der Waals surface area contributed by atoms with E-state index in [2.05, 4.69) is 34.7 Å². The minimum absolute atomic E-state index is 0.101. The van der Waals surface area contributed by atoms with Gasteiger partial charge in [0.1, 0.15) is 0 Å². The number of ether oxygens (including phenoxy) is 1. The summed E-state index contributed by atoms with van der Waals surface area (Å²) in [5.74, 6) is -0.0309. The Morgan fingerprint density at radius 2 is 1.94 bits per heavy atom. The third kappa shape index (κ3) is 4.79. The maximum Gasteiger partial charge on any atom is 0.444 e. The van der Waals surface area contributed by atoms with Gasteiger partial charge in [-0.3, -0.25) is 0 Å². The van der Waals surface area contributed by atoms with Crippen molar-refractivity contribution in [1.29, 1.82) is 0 Å². The maximum absolute atomic E-state index is 12.8. The number of amides is 2. The number of carbonyl (C=O) groups excluding carboxylic acids is 1. The molecule has 2 heterocycles. The first-order valence-corrected chi connectivity index (χ1v) is 10.4. The predicted octanol–water partition coefficient (Wildman–Crippen LogP) is 3.63. The number of aromatic nitrogens is 2. The lowest BCUT2D eigenvalue weighted by Gasteiger charge is -2.32. The zero-order valence-corrected chi connectivity index (χ0v) is 17.7. The maximum atomic E-state index is 12.8. The van der Waals surface area contributed by atoms with Crippen molar-refractivity contribution in [2.45, 2.75) is 26.2 Å². The number of urea groups is 1. The van der Waals surface area contributed by atoms with E-state index >= 15 is 0 Å². The number of piperidine rings is 1. The van der Waals surface area contributed by atoms with Crippen LogP contribution in [0.15, 0.2) is 57.7 Å². The SMILES string of the molecule is COc1nn(-c2ccc(NC(=O)N3CCC(Cc4ccccc4)CC3)c(C)c2)c(=O)o1. The first-order chi connectivity index (χ1) is 15.0. The molecule has 0 atom stereocenters. The van der Waals surface area contributed by atoms with Gasteiger partial charge in [-0.1, -0.05) is 35.4 Å². The second-order valence-electron chi connectivity index (χ2n) is 7.80. The van der Waals surface area contributed by atoms with Gasteiger partial charge in [-0.05, 0) is 61.4 Å². The molecule has 2 amide bonds. The molecule has 0 radical (unpaired) electrons. The summed E-state index contributed by atoms with van der Waals surface area (Å²) >= 11 is 0. The van der Waals surface area contributed by atoms with Crippen LogP contribution in [-0.4, -0.2) is 40.9 Å². The summed E-state index contributed by atoms with van der Waals surface area (Å²) < 4.78 is 10.8. The van der Waals surface area contributed by atoms with Gasteiger partial charge in [0.15, 0.2) is 0 Å². The molecule has 31 heavy (non-hydrogen) atoms. The van der Waals surface area contributed by atoms with E-state index in [4.69, 9.17) is 9.15 Å². The number of rotatable bonds is 5. The van der Waals surface area contributed by atoms with Crippen molar-refractivity contribution < 1.29 is 13.9 Å². The van der Waals surface area contributed by atoms with Crippen LogP contribution in [0.1, 0.15) is 24.0 Å². The molecule has 0 saturated carbocycles. The molecular weight excluding hydrogens is 396 g/mol. The molecule has 1 fully saturated rings. The summed E-state index contributed by atoms with van der Waals surface area (Å²) in [6.45, 7) is 3.36. The number of methoxy groups -OCH3 is 1. The summed E-state index contributed by atoms with van der Waals surface area (Å²) in [6.07, 6.45) is 2.95. The summed E-state index contributed by atoms with van der Waals surface area (Å²) in [4.78, 5) is 26.5. The van der Waals surface area contributed by atoms with Crippen molar-refractivity contribution in [3.05, 3.63) is 70.2 Å². The first kappa shape index (κ1) is 20.7. The molecule has 0 spiro atoms. The van der Waals surface area contributed by atoms with E-state index in [9.17, 15) is 9.59 Å². The second-order valence-corrected chi connectivity index (χ2v) is 7.80. The van der Waals surface area contributed by atoms with E-state index in [1.165, 1.54) is 12.7 Å². The van der Waals surface area contributed by atoms with Crippen molar-refractivity contribution in [3.63, 3.8) is 0 Å². The number of nitrogens with one attached hydrogen (secondary N) is 1. The normalized spacial score (nSPS) is 14.5. The van der Waals surface area contributed by atoms with E-state index in [1.807, 2.05) is 17.9 Å². The average molecular weight is 422 g/mol. The molecule has 0 aliphatic carbocycles. The van der Waals surface area contributed by atoms with Crippen LogP contribution in [0.2, 0.25) is 0 Å². The van der Waals surface area contributed by atoms with E-state index in [0.717, 1.165) is 42.6 Å². The lowest BCUT2D eigenvalue weighted by molar-refractivity contribution is 0.182. The van der Waals surface area contributed by atoms with Gasteiger partial charge < -0.3 is 19.4 Å². The van der Waals surface area contributed by atoms with E-state index in [1.54, 1.807) is 18.2 Å². The van der Waals surface area contributed by atoms with Crippen molar-refractivity contribution in [1.82, 2.24) is 14.7 Å². The minimum atomic E-state index is -0.633. The van der Waals surface area contributed by atoms with Crippen LogP contribution in [0.25, 0.3) is 5.69 Å². The van der Waals surface area contributed by atoms with Gasteiger partial charge in [-0.15, -0.1) is 0 Å². The molecule has 3 aromatic rings. The highest BCUT2D eigenvalue weighted by Gasteiger charge is 2.23. The van der Waals surface area contributed by atoms with E-state index < -0.39 is 5.76 Å². The van der Waals surface area contributed by atoms with Gasteiger partial charge in [0.25, 0.3) is 0 Å². The quantitative estimate of drug-likeness (QED) is 0.678. The molecule has 1 aromatic heterocycles. The number of anilines is 1. The lowest BCUT2D eigenvalue weighted by Crippen LogP contribution is -2.41. The zero-order valence-electron chi connectivity index (χ0n) is 17.7. The Kier molecular flexibility index (Phi) is 6.06. The van der Waals surface area contributed by atoms with Gasteiger partial charge in [-0.25, -0.2) is 9.59 Å². The average Bonchev–Trinajstić information content (AvgIpc) is 3.17. The topological polar surface area (TPSA) is 89.6 Å². The van der Waals surface area contributed by atoms with Crippen LogP contribution >= 0.6 is 0 Å². The second kappa shape index (κ2) is 9.07. The fourth-order valence-corrected chi connectivity index (χ4v) is 3.91. The predicted molar refractivity (Wildman–Crippen MR) is 117 cm³/mol. The smallest absolute Gasteiger partial charge is 0.444 e. The molecule has 162 valence electrons. The fourth-order valence-electron chi connectivity index (χ4n) is 3.91.